The molecule has 110 valence electrons. The molecule has 2 heterocycles. The summed E-state index contributed by atoms with van der Waals surface area (Å²) >= 11 is 0. The van der Waals surface area contributed by atoms with Crippen LogP contribution in [0.15, 0.2) is 48.7 Å². The predicted molar refractivity (Wildman–Crippen MR) is 86.0 cm³/mol. The SMILES string of the molecule is Cc1cccnc1CN1CC(c2ccccc2)NCC1C. The molecule has 3 rings (SSSR count). The van der Waals surface area contributed by atoms with Crippen LogP contribution < -0.4 is 5.32 Å². The van der Waals surface area contributed by atoms with Gasteiger partial charge in [0, 0.05) is 37.9 Å². The molecule has 2 unspecified atom stereocenters. The van der Waals surface area contributed by atoms with E-state index in [1.807, 2.05) is 12.3 Å². The third-order valence-electron chi connectivity index (χ3n) is 4.37. The van der Waals surface area contributed by atoms with Crippen molar-refractivity contribution in [1.82, 2.24) is 15.2 Å². The first-order valence-corrected chi connectivity index (χ1v) is 7.67. The molecule has 0 saturated carbocycles. The van der Waals surface area contributed by atoms with E-state index >= 15 is 0 Å². The van der Waals surface area contributed by atoms with Gasteiger partial charge in [0.2, 0.25) is 0 Å². The average molecular weight is 281 g/mol. The van der Waals surface area contributed by atoms with Crippen LogP contribution in [0.3, 0.4) is 0 Å². The lowest BCUT2D eigenvalue weighted by Gasteiger charge is -2.39. The first-order chi connectivity index (χ1) is 10.2. The van der Waals surface area contributed by atoms with Crippen molar-refractivity contribution in [1.29, 1.82) is 0 Å². The van der Waals surface area contributed by atoms with Crippen molar-refractivity contribution in [2.24, 2.45) is 0 Å². The number of nitrogens with one attached hydrogen (secondary N) is 1. The molecular formula is C18H23N3. The molecule has 1 fully saturated rings. The summed E-state index contributed by atoms with van der Waals surface area (Å²) in [5.41, 5.74) is 3.84. The van der Waals surface area contributed by atoms with Crippen molar-refractivity contribution in [2.75, 3.05) is 13.1 Å². The molecule has 1 N–H and O–H groups in total. The van der Waals surface area contributed by atoms with Gasteiger partial charge in [-0.2, -0.15) is 0 Å². The smallest absolute Gasteiger partial charge is 0.0573 e. The Morgan fingerprint density at radius 3 is 2.76 bits per heavy atom. The minimum Gasteiger partial charge on any atom is -0.307 e. The summed E-state index contributed by atoms with van der Waals surface area (Å²) in [4.78, 5) is 7.07. The van der Waals surface area contributed by atoms with Crippen molar-refractivity contribution in [3.05, 3.63) is 65.5 Å². The van der Waals surface area contributed by atoms with Crippen LogP contribution in [0.2, 0.25) is 0 Å². The zero-order valence-corrected chi connectivity index (χ0v) is 12.8. The predicted octanol–water partition coefficient (Wildman–Crippen LogP) is 2.93. The van der Waals surface area contributed by atoms with Crippen molar-refractivity contribution < 1.29 is 0 Å². The average Bonchev–Trinajstić information content (AvgIpc) is 2.52. The van der Waals surface area contributed by atoms with Gasteiger partial charge in [0.1, 0.15) is 0 Å². The van der Waals surface area contributed by atoms with Gasteiger partial charge in [0.05, 0.1) is 5.69 Å². The molecule has 3 heteroatoms. The third kappa shape index (κ3) is 3.31. The van der Waals surface area contributed by atoms with E-state index < -0.39 is 0 Å². The second kappa shape index (κ2) is 6.37. The summed E-state index contributed by atoms with van der Waals surface area (Å²) in [6.45, 7) is 7.40. The number of hydrogen-bond donors (Lipinski definition) is 1. The molecule has 0 radical (unpaired) electrons. The summed E-state index contributed by atoms with van der Waals surface area (Å²) in [5.74, 6) is 0. The first kappa shape index (κ1) is 14.2. The minimum absolute atomic E-state index is 0.409. The molecule has 1 saturated heterocycles. The highest BCUT2D eigenvalue weighted by Crippen LogP contribution is 2.21. The van der Waals surface area contributed by atoms with E-state index in [1.54, 1.807) is 0 Å². The Morgan fingerprint density at radius 1 is 1.19 bits per heavy atom. The van der Waals surface area contributed by atoms with Crippen LogP contribution >= 0.6 is 0 Å². The van der Waals surface area contributed by atoms with E-state index in [1.165, 1.54) is 16.8 Å². The Kier molecular flexibility index (Phi) is 4.32. The summed E-state index contributed by atoms with van der Waals surface area (Å²) in [6.07, 6.45) is 1.89. The van der Waals surface area contributed by atoms with Crippen molar-refractivity contribution in [2.45, 2.75) is 32.5 Å². The summed E-state index contributed by atoms with van der Waals surface area (Å²) in [7, 11) is 0. The zero-order valence-electron chi connectivity index (χ0n) is 12.8. The van der Waals surface area contributed by atoms with Crippen LogP contribution in [0.4, 0.5) is 0 Å². The van der Waals surface area contributed by atoms with Crippen LogP contribution in [0.25, 0.3) is 0 Å². The molecule has 2 aromatic rings. The van der Waals surface area contributed by atoms with Gasteiger partial charge in [-0.15, -0.1) is 0 Å². The van der Waals surface area contributed by atoms with Crippen molar-refractivity contribution in [3.63, 3.8) is 0 Å². The first-order valence-electron chi connectivity index (χ1n) is 7.67. The van der Waals surface area contributed by atoms with E-state index in [0.29, 0.717) is 12.1 Å². The largest absolute Gasteiger partial charge is 0.307 e. The lowest BCUT2D eigenvalue weighted by molar-refractivity contribution is 0.131. The summed E-state index contributed by atoms with van der Waals surface area (Å²) in [5, 5.41) is 3.65. The molecule has 0 spiro atoms. The number of aryl methyl sites for hydroxylation is 1. The Hall–Kier alpha value is -1.71. The van der Waals surface area contributed by atoms with Gasteiger partial charge >= 0.3 is 0 Å². The Balaban J connectivity index is 1.74. The fourth-order valence-corrected chi connectivity index (χ4v) is 2.93. The van der Waals surface area contributed by atoms with Gasteiger partial charge in [0.25, 0.3) is 0 Å². The molecule has 2 atom stereocenters. The summed E-state index contributed by atoms with van der Waals surface area (Å²) < 4.78 is 0. The van der Waals surface area contributed by atoms with Crippen LogP contribution in [-0.4, -0.2) is 29.0 Å². The second-order valence-electron chi connectivity index (χ2n) is 5.92. The molecule has 1 aliphatic rings. The number of aromatic nitrogens is 1. The van der Waals surface area contributed by atoms with Gasteiger partial charge in [0.15, 0.2) is 0 Å². The molecule has 3 nitrogen and oxygen atoms in total. The van der Waals surface area contributed by atoms with Crippen molar-refractivity contribution >= 4 is 0 Å². The highest BCUT2D eigenvalue weighted by Gasteiger charge is 2.26. The second-order valence-corrected chi connectivity index (χ2v) is 5.92. The fraction of sp³-hybridized carbons (Fsp3) is 0.389. The van der Waals surface area contributed by atoms with E-state index in [9.17, 15) is 0 Å². The van der Waals surface area contributed by atoms with Gasteiger partial charge < -0.3 is 5.32 Å². The third-order valence-corrected chi connectivity index (χ3v) is 4.37. The molecule has 0 bridgehead atoms. The topological polar surface area (TPSA) is 28.2 Å². The normalized spacial score (nSPS) is 23.1. The maximum atomic E-state index is 4.54. The van der Waals surface area contributed by atoms with Crippen LogP contribution in [-0.2, 0) is 6.54 Å². The quantitative estimate of drug-likeness (QED) is 0.937. The maximum Gasteiger partial charge on any atom is 0.0573 e. The number of benzene rings is 1. The van der Waals surface area contributed by atoms with Gasteiger partial charge in [-0.3, -0.25) is 9.88 Å². The maximum absolute atomic E-state index is 4.54. The van der Waals surface area contributed by atoms with Gasteiger partial charge in [-0.25, -0.2) is 0 Å². The Labute approximate surface area is 127 Å². The molecule has 21 heavy (non-hydrogen) atoms. The van der Waals surface area contributed by atoms with E-state index in [-0.39, 0.29) is 0 Å². The van der Waals surface area contributed by atoms with Gasteiger partial charge in [-0.1, -0.05) is 36.4 Å². The molecule has 0 aliphatic carbocycles. The number of rotatable bonds is 3. The van der Waals surface area contributed by atoms with Crippen LogP contribution in [0, 0.1) is 6.92 Å². The highest BCUT2D eigenvalue weighted by atomic mass is 15.2. The Morgan fingerprint density at radius 2 is 2.00 bits per heavy atom. The number of pyridine rings is 1. The standard InChI is InChI=1S/C18H23N3/c1-14-7-6-10-19-17(14)12-21-13-18(20-11-15(21)2)16-8-4-3-5-9-16/h3-10,15,18,20H,11-13H2,1-2H3. The molecular weight excluding hydrogens is 258 g/mol. The minimum atomic E-state index is 0.409. The molecule has 1 aromatic heterocycles. The monoisotopic (exact) mass is 281 g/mol. The van der Waals surface area contributed by atoms with E-state index in [0.717, 1.165) is 19.6 Å². The number of piperazine rings is 1. The number of nitrogens with zero attached hydrogens (tertiary/aromatic N) is 2. The van der Waals surface area contributed by atoms with Crippen molar-refractivity contribution in [3.8, 4) is 0 Å². The summed E-state index contributed by atoms with van der Waals surface area (Å²) in [6, 6.07) is 15.8. The lowest BCUT2D eigenvalue weighted by atomic mass is 10.0. The Bertz CT molecular complexity index is 582. The van der Waals surface area contributed by atoms with E-state index in [4.69, 9.17) is 0 Å². The fourth-order valence-electron chi connectivity index (χ4n) is 2.93. The van der Waals surface area contributed by atoms with Crippen LogP contribution in [0.5, 0.6) is 0 Å². The van der Waals surface area contributed by atoms with Gasteiger partial charge in [-0.05, 0) is 31.0 Å². The highest BCUT2D eigenvalue weighted by molar-refractivity contribution is 5.21. The molecule has 1 aliphatic heterocycles. The molecule has 1 aromatic carbocycles. The van der Waals surface area contributed by atoms with Crippen LogP contribution in [0.1, 0.15) is 29.8 Å². The number of hydrogen-bond acceptors (Lipinski definition) is 3. The zero-order chi connectivity index (χ0) is 14.7. The van der Waals surface area contributed by atoms with E-state index in [2.05, 4.69) is 65.4 Å². The lowest BCUT2D eigenvalue weighted by Crippen LogP contribution is -2.51. The molecule has 0 amide bonds.